The Morgan fingerprint density at radius 2 is 2.00 bits per heavy atom. The van der Waals surface area contributed by atoms with Gasteiger partial charge in [0.15, 0.2) is 0 Å². The molecule has 1 aliphatic rings. The maximum atomic E-state index is 3.59. The minimum Gasteiger partial charge on any atom is -0.316 e. The smallest absolute Gasteiger partial charge is 0.0000499 e. The van der Waals surface area contributed by atoms with Gasteiger partial charge < -0.3 is 5.32 Å². The zero-order valence-electron chi connectivity index (χ0n) is 12.1. The van der Waals surface area contributed by atoms with Crippen LogP contribution in [0.15, 0.2) is 30.3 Å². The van der Waals surface area contributed by atoms with Gasteiger partial charge in [-0.05, 0) is 55.2 Å². The monoisotopic (exact) mass is 245 g/mol. The van der Waals surface area contributed by atoms with Crippen molar-refractivity contribution in [3.05, 3.63) is 35.9 Å². The molecule has 0 radical (unpaired) electrons. The van der Waals surface area contributed by atoms with Gasteiger partial charge in [-0.2, -0.15) is 0 Å². The van der Waals surface area contributed by atoms with E-state index in [9.17, 15) is 0 Å². The fraction of sp³-hybridized carbons (Fsp3) is 0.647. The lowest BCUT2D eigenvalue weighted by atomic mass is 9.85. The molecule has 1 aromatic carbocycles. The zero-order chi connectivity index (χ0) is 13.0. The van der Waals surface area contributed by atoms with Crippen molar-refractivity contribution in [1.82, 2.24) is 5.32 Å². The molecule has 1 heteroatoms. The first-order valence-corrected chi connectivity index (χ1v) is 7.45. The molecule has 0 heterocycles. The summed E-state index contributed by atoms with van der Waals surface area (Å²) in [7, 11) is 0. The Labute approximate surface area is 112 Å². The molecule has 1 aliphatic carbocycles. The second kappa shape index (κ2) is 5.88. The van der Waals surface area contributed by atoms with Crippen LogP contribution in [-0.4, -0.2) is 13.1 Å². The third kappa shape index (κ3) is 2.95. The first-order chi connectivity index (χ1) is 8.69. The predicted molar refractivity (Wildman–Crippen MR) is 78.8 cm³/mol. The standard InChI is InChI=1S/C17H27N/c1-4-10-18-13-16-12-17(16,11-14(2)3)15-8-6-5-7-9-15/h5-9,14,16,18H,4,10-13H2,1-3H3. The second-order valence-corrected chi connectivity index (χ2v) is 6.23. The van der Waals surface area contributed by atoms with Gasteiger partial charge in [-0.15, -0.1) is 0 Å². The number of hydrogen-bond acceptors (Lipinski definition) is 1. The molecule has 0 aliphatic heterocycles. The molecule has 100 valence electrons. The second-order valence-electron chi connectivity index (χ2n) is 6.23. The van der Waals surface area contributed by atoms with Crippen molar-refractivity contribution in [1.29, 1.82) is 0 Å². The van der Waals surface area contributed by atoms with Crippen LogP contribution in [0.3, 0.4) is 0 Å². The summed E-state index contributed by atoms with van der Waals surface area (Å²) in [5.74, 6) is 1.62. The van der Waals surface area contributed by atoms with Gasteiger partial charge in [0.1, 0.15) is 0 Å². The van der Waals surface area contributed by atoms with Crippen molar-refractivity contribution in [2.75, 3.05) is 13.1 Å². The Morgan fingerprint density at radius 3 is 2.61 bits per heavy atom. The number of hydrogen-bond donors (Lipinski definition) is 1. The molecule has 2 rings (SSSR count). The van der Waals surface area contributed by atoms with E-state index < -0.39 is 0 Å². The Bertz CT molecular complexity index is 357. The van der Waals surface area contributed by atoms with Gasteiger partial charge in [-0.1, -0.05) is 51.1 Å². The Balaban J connectivity index is 2.04. The predicted octanol–water partition coefficient (Wildman–Crippen LogP) is 3.99. The minimum atomic E-state index is 0.468. The van der Waals surface area contributed by atoms with Crippen molar-refractivity contribution < 1.29 is 0 Å². The molecule has 0 saturated heterocycles. The van der Waals surface area contributed by atoms with E-state index in [1.54, 1.807) is 5.56 Å². The molecule has 0 amide bonds. The summed E-state index contributed by atoms with van der Waals surface area (Å²) in [6, 6.07) is 11.1. The van der Waals surface area contributed by atoms with Crippen molar-refractivity contribution in [2.24, 2.45) is 11.8 Å². The van der Waals surface area contributed by atoms with Gasteiger partial charge in [0.25, 0.3) is 0 Å². The number of nitrogens with one attached hydrogen (secondary N) is 1. The maximum absolute atomic E-state index is 3.59. The number of benzene rings is 1. The van der Waals surface area contributed by atoms with Gasteiger partial charge in [0.05, 0.1) is 0 Å². The molecule has 1 fully saturated rings. The van der Waals surface area contributed by atoms with Crippen LogP contribution in [-0.2, 0) is 5.41 Å². The highest BCUT2D eigenvalue weighted by Gasteiger charge is 2.54. The molecule has 1 N–H and O–H groups in total. The average molecular weight is 245 g/mol. The van der Waals surface area contributed by atoms with Crippen molar-refractivity contribution in [2.45, 2.75) is 45.4 Å². The molecule has 1 aromatic rings. The van der Waals surface area contributed by atoms with E-state index in [-0.39, 0.29) is 0 Å². The summed E-state index contributed by atoms with van der Waals surface area (Å²) in [4.78, 5) is 0. The Morgan fingerprint density at radius 1 is 1.28 bits per heavy atom. The van der Waals surface area contributed by atoms with Crippen LogP contribution in [0.4, 0.5) is 0 Å². The Kier molecular flexibility index (Phi) is 4.45. The first kappa shape index (κ1) is 13.6. The molecule has 0 spiro atoms. The van der Waals surface area contributed by atoms with Crippen LogP contribution >= 0.6 is 0 Å². The highest BCUT2D eigenvalue weighted by atomic mass is 14.9. The van der Waals surface area contributed by atoms with Gasteiger partial charge in [0, 0.05) is 0 Å². The van der Waals surface area contributed by atoms with Gasteiger partial charge in [0.2, 0.25) is 0 Å². The summed E-state index contributed by atoms with van der Waals surface area (Å²) in [6.07, 6.45) is 3.93. The molecule has 0 aromatic heterocycles. The van der Waals surface area contributed by atoms with Crippen molar-refractivity contribution in [3.8, 4) is 0 Å². The molecule has 2 atom stereocenters. The van der Waals surface area contributed by atoms with Crippen LogP contribution in [0.2, 0.25) is 0 Å². The van der Waals surface area contributed by atoms with E-state index in [0.29, 0.717) is 5.41 Å². The van der Waals surface area contributed by atoms with Gasteiger partial charge >= 0.3 is 0 Å². The molecule has 1 nitrogen and oxygen atoms in total. The largest absolute Gasteiger partial charge is 0.316 e. The van der Waals surface area contributed by atoms with E-state index in [2.05, 4.69) is 56.4 Å². The normalized spacial score (nSPS) is 26.6. The molecule has 0 bridgehead atoms. The summed E-state index contributed by atoms with van der Waals surface area (Å²) in [5.41, 5.74) is 2.03. The lowest BCUT2D eigenvalue weighted by molar-refractivity contribution is 0.444. The fourth-order valence-corrected chi connectivity index (χ4v) is 3.32. The van der Waals surface area contributed by atoms with E-state index in [4.69, 9.17) is 0 Å². The van der Waals surface area contributed by atoms with E-state index >= 15 is 0 Å². The maximum Gasteiger partial charge on any atom is -0.0000499 e. The summed E-state index contributed by atoms with van der Waals surface area (Å²) in [6.45, 7) is 9.27. The van der Waals surface area contributed by atoms with Crippen molar-refractivity contribution >= 4 is 0 Å². The van der Waals surface area contributed by atoms with E-state index in [1.165, 1.54) is 25.8 Å². The van der Waals surface area contributed by atoms with E-state index in [0.717, 1.165) is 18.4 Å². The Hall–Kier alpha value is -0.820. The lowest BCUT2D eigenvalue weighted by Gasteiger charge is -2.21. The van der Waals surface area contributed by atoms with E-state index in [1.807, 2.05) is 0 Å². The topological polar surface area (TPSA) is 12.0 Å². The van der Waals surface area contributed by atoms with Crippen LogP contribution in [0.5, 0.6) is 0 Å². The molecule has 1 saturated carbocycles. The molecular weight excluding hydrogens is 218 g/mol. The SMILES string of the molecule is CCCNCC1CC1(CC(C)C)c1ccccc1. The van der Waals surface area contributed by atoms with Gasteiger partial charge in [-0.25, -0.2) is 0 Å². The lowest BCUT2D eigenvalue weighted by Crippen LogP contribution is -2.23. The third-order valence-electron chi connectivity index (χ3n) is 4.17. The quantitative estimate of drug-likeness (QED) is 0.716. The fourth-order valence-electron chi connectivity index (χ4n) is 3.32. The highest BCUT2D eigenvalue weighted by Crippen LogP contribution is 2.57. The summed E-state index contributed by atoms with van der Waals surface area (Å²) < 4.78 is 0. The van der Waals surface area contributed by atoms with Crippen LogP contribution in [0, 0.1) is 11.8 Å². The minimum absolute atomic E-state index is 0.468. The first-order valence-electron chi connectivity index (χ1n) is 7.45. The zero-order valence-corrected chi connectivity index (χ0v) is 12.1. The molecule has 18 heavy (non-hydrogen) atoms. The van der Waals surface area contributed by atoms with Crippen molar-refractivity contribution in [3.63, 3.8) is 0 Å². The summed E-state index contributed by atoms with van der Waals surface area (Å²) >= 11 is 0. The summed E-state index contributed by atoms with van der Waals surface area (Å²) in [5, 5.41) is 3.59. The van der Waals surface area contributed by atoms with Crippen LogP contribution in [0.1, 0.15) is 45.6 Å². The number of rotatable bonds is 7. The third-order valence-corrected chi connectivity index (χ3v) is 4.17. The van der Waals surface area contributed by atoms with Gasteiger partial charge in [-0.3, -0.25) is 0 Å². The van der Waals surface area contributed by atoms with Crippen LogP contribution in [0.25, 0.3) is 0 Å². The molecular formula is C17H27N. The average Bonchev–Trinajstić information content (AvgIpc) is 3.04. The molecule has 2 unspecified atom stereocenters. The van der Waals surface area contributed by atoms with Crippen LogP contribution < -0.4 is 5.32 Å². The highest BCUT2D eigenvalue weighted by molar-refractivity contribution is 5.34.